The molecule has 0 saturated heterocycles. The van der Waals surface area contributed by atoms with Crippen LogP contribution in [-0.4, -0.2) is 0 Å². The van der Waals surface area contributed by atoms with Gasteiger partial charge in [-0.3, -0.25) is 0 Å². The molecule has 0 fully saturated rings. The Morgan fingerprint density at radius 3 is 1.15 bits per heavy atom. The minimum absolute atomic E-state index is 0.495. The van der Waals surface area contributed by atoms with E-state index in [4.69, 9.17) is 0 Å². The van der Waals surface area contributed by atoms with Gasteiger partial charge in [0.05, 0.1) is 10.8 Å². The zero-order chi connectivity index (χ0) is 51.0. The second-order valence-corrected chi connectivity index (χ2v) is 22.2. The van der Waals surface area contributed by atoms with Crippen LogP contribution in [0.3, 0.4) is 0 Å². The van der Waals surface area contributed by atoms with Gasteiger partial charge < -0.3 is 4.90 Å². The van der Waals surface area contributed by atoms with Crippen molar-refractivity contribution in [3.63, 3.8) is 0 Å². The molecule has 4 aliphatic rings. The highest BCUT2D eigenvalue weighted by atomic mass is 15.1. The van der Waals surface area contributed by atoms with Crippen molar-refractivity contribution in [2.24, 2.45) is 0 Å². The van der Waals surface area contributed by atoms with Gasteiger partial charge in [0.2, 0.25) is 0 Å². The van der Waals surface area contributed by atoms with Gasteiger partial charge in [0.15, 0.2) is 0 Å². The van der Waals surface area contributed by atoms with Gasteiger partial charge in [-0.15, -0.1) is 0 Å². The first-order valence-corrected chi connectivity index (χ1v) is 27.5. The number of nitrogens with zero attached hydrogens (tertiary/aromatic N) is 1. The third-order valence-corrected chi connectivity index (χ3v) is 18.6. The quantitative estimate of drug-likeness (QED) is 0.160. The van der Waals surface area contributed by atoms with Gasteiger partial charge in [-0.25, -0.2) is 0 Å². The maximum absolute atomic E-state index is 2.47. The molecular weight excluding hydrogens is 939 g/mol. The van der Waals surface area contributed by atoms with E-state index in [1.54, 1.807) is 0 Å². The highest BCUT2D eigenvalue weighted by Gasteiger charge is 2.55. The Balaban J connectivity index is 0.878. The van der Waals surface area contributed by atoms with Crippen LogP contribution in [0, 0.1) is 6.92 Å². The van der Waals surface area contributed by atoms with Gasteiger partial charge in [-0.1, -0.05) is 236 Å². The summed E-state index contributed by atoms with van der Waals surface area (Å²) in [5.74, 6) is 0. The maximum Gasteiger partial charge on any atom is 0.0737 e. The van der Waals surface area contributed by atoms with Gasteiger partial charge >= 0.3 is 0 Å². The number of hydrogen-bond acceptors (Lipinski definition) is 1. The first kappa shape index (κ1) is 42.4. The van der Waals surface area contributed by atoms with E-state index >= 15 is 0 Å². The summed E-state index contributed by atoms with van der Waals surface area (Å²) in [5.41, 5.74) is 25.1. The van der Waals surface area contributed by atoms with Crippen LogP contribution >= 0.6 is 0 Å². The van der Waals surface area contributed by atoms with Gasteiger partial charge in [0, 0.05) is 17.1 Å². The number of aryl methyl sites for hydroxylation is 1. The van der Waals surface area contributed by atoms with Crippen LogP contribution in [0.25, 0.3) is 98.4 Å². The van der Waals surface area contributed by atoms with E-state index in [0.29, 0.717) is 0 Å². The van der Waals surface area contributed by atoms with Crippen molar-refractivity contribution in [3.05, 3.63) is 317 Å². The molecule has 0 aromatic heterocycles. The second-order valence-electron chi connectivity index (χ2n) is 22.2. The van der Waals surface area contributed by atoms with Crippen LogP contribution in [0.15, 0.2) is 267 Å². The van der Waals surface area contributed by atoms with E-state index in [-0.39, 0.29) is 0 Å². The van der Waals surface area contributed by atoms with Gasteiger partial charge in [-0.05, 0) is 186 Å². The van der Waals surface area contributed by atoms with Gasteiger partial charge in [0.1, 0.15) is 0 Å². The highest BCUT2D eigenvalue weighted by molar-refractivity contribution is 6.22. The molecule has 14 aromatic rings. The number of fused-ring (bicyclic) bond motifs is 31. The lowest BCUT2D eigenvalue weighted by Gasteiger charge is -2.33. The fourth-order valence-electron chi connectivity index (χ4n) is 15.8. The summed E-state index contributed by atoms with van der Waals surface area (Å²) in [5, 5.41) is 12.8. The molecule has 360 valence electrons. The lowest BCUT2D eigenvalue weighted by molar-refractivity contribution is 0.809. The zero-order valence-electron chi connectivity index (χ0n) is 42.9. The summed E-state index contributed by atoms with van der Waals surface area (Å²) < 4.78 is 0. The van der Waals surface area contributed by atoms with Crippen LogP contribution in [-0.2, 0) is 10.8 Å². The predicted molar refractivity (Wildman–Crippen MR) is 326 cm³/mol. The number of rotatable bonds is 3. The molecule has 0 unspecified atom stereocenters. The second kappa shape index (κ2) is 15.2. The van der Waals surface area contributed by atoms with Crippen molar-refractivity contribution < 1.29 is 0 Å². The molecule has 1 nitrogen and oxygen atoms in total. The maximum atomic E-state index is 2.47. The summed E-state index contributed by atoms with van der Waals surface area (Å²) in [6.07, 6.45) is 0. The molecule has 1 heteroatoms. The Morgan fingerprint density at radius 1 is 0.244 bits per heavy atom. The fraction of sp³-hybridized carbons (Fsp3) is 0.0390. The molecule has 14 aromatic carbocycles. The van der Waals surface area contributed by atoms with Crippen molar-refractivity contribution in [1.82, 2.24) is 0 Å². The molecule has 2 spiro atoms. The van der Waals surface area contributed by atoms with Gasteiger partial charge in [0.25, 0.3) is 0 Å². The Labute approximate surface area is 452 Å². The Hall–Kier alpha value is -9.82. The third-order valence-electron chi connectivity index (χ3n) is 18.6. The Bertz CT molecular complexity index is 4910. The summed E-state index contributed by atoms with van der Waals surface area (Å²) in [6, 6.07) is 102. The summed E-state index contributed by atoms with van der Waals surface area (Å²) >= 11 is 0. The monoisotopic (exact) mass is 985 g/mol. The van der Waals surface area contributed by atoms with Crippen LogP contribution < -0.4 is 4.90 Å². The number of hydrogen-bond donors (Lipinski definition) is 0. The molecular formula is C77H47N. The van der Waals surface area contributed by atoms with Crippen molar-refractivity contribution in [2.45, 2.75) is 17.8 Å². The standard InChI is InChI=1S/C77H47N/c1-46-30-35-50(36-31-46)78(51-37-42-54-48(44-51)33-40-65-64-39-32-47-16-2-3-17-53(47)72(64)76(73(54)65)67-26-12-8-20-58(67)59-21-9-13-27-68(59)76)52-38-43-55-49(45-52)34-41-66-71-62-24-6-4-18-56(62)57-19-5-7-25-63(57)75(71)77(74(55)66)69-28-14-10-22-60(69)61-23-11-15-29-70(61)77/h2-45H,1H3. The van der Waals surface area contributed by atoms with Gasteiger partial charge in [-0.2, -0.15) is 0 Å². The average Bonchev–Trinajstić information content (AvgIpc) is 2.73. The molecule has 0 aliphatic heterocycles. The predicted octanol–water partition coefficient (Wildman–Crippen LogP) is 19.9. The minimum Gasteiger partial charge on any atom is -0.310 e. The number of anilines is 3. The minimum atomic E-state index is -0.540. The third kappa shape index (κ3) is 5.13. The van der Waals surface area contributed by atoms with Crippen LogP contribution in [0.4, 0.5) is 17.1 Å². The molecule has 18 rings (SSSR count). The van der Waals surface area contributed by atoms with E-state index in [9.17, 15) is 0 Å². The van der Waals surface area contributed by atoms with Crippen LogP contribution in [0.5, 0.6) is 0 Å². The summed E-state index contributed by atoms with van der Waals surface area (Å²) in [4.78, 5) is 2.47. The normalized spacial score (nSPS) is 14.2. The van der Waals surface area contributed by atoms with Crippen molar-refractivity contribution >= 4 is 70.9 Å². The lowest BCUT2D eigenvalue weighted by Crippen LogP contribution is -2.26. The molecule has 0 N–H and O–H groups in total. The van der Waals surface area contributed by atoms with Crippen molar-refractivity contribution in [3.8, 4) is 44.5 Å². The lowest BCUT2D eigenvalue weighted by atomic mass is 9.68. The highest BCUT2D eigenvalue weighted by Crippen LogP contribution is 2.68. The Kier molecular flexibility index (Phi) is 8.26. The molecule has 78 heavy (non-hydrogen) atoms. The van der Waals surface area contributed by atoms with E-state index < -0.39 is 10.8 Å². The molecule has 0 radical (unpaired) electrons. The van der Waals surface area contributed by atoms with Crippen molar-refractivity contribution in [2.75, 3.05) is 4.90 Å². The molecule has 0 bridgehead atoms. The van der Waals surface area contributed by atoms with E-state index in [0.717, 1.165) is 17.1 Å². The average molecular weight is 986 g/mol. The van der Waals surface area contributed by atoms with E-state index in [1.807, 2.05) is 0 Å². The summed E-state index contributed by atoms with van der Waals surface area (Å²) in [6.45, 7) is 2.18. The first-order chi connectivity index (χ1) is 38.6. The molecule has 0 saturated carbocycles. The van der Waals surface area contributed by atoms with E-state index in [1.165, 1.54) is 148 Å². The SMILES string of the molecule is Cc1ccc(N(c2ccc3c4c(ccc3c2)-c2ccc3ccccc3c2C42c3ccccc3-c3ccccc32)c2ccc3c4c(ccc3c2)-c2c(c3ccccc3c3ccccc23)C42c3ccccc3-c3ccccc32)cc1. The fourth-order valence-corrected chi connectivity index (χ4v) is 15.8. The smallest absolute Gasteiger partial charge is 0.0737 e. The van der Waals surface area contributed by atoms with Crippen molar-refractivity contribution in [1.29, 1.82) is 0 Å². The Morgan fingerprint density at radius 2 is 0.615 bits per heavy atom. The first-order valence-electron chi connectivity index (χ1n) is 27.5. The number of benzene rings is 14. The molecule has 0 atom stereocenters. The summed E-state index contributed by atoms with van der Waals surface area (Å²) in [7, 11) is 0. The van der Waals surface area contributed by atoms with Crippen LogP contribution in [0.2, 0.25) is 0 Å². The topological polar surface area (TPSA) is 3.24 Å². The van der Waals surface area contributed by atoms with E-state index in [2.05, 4.69) is 279 Å². The van der Waals surface area contributed by atoms with Crippen LogP contribution in [0.1, 0.15) is 50.1 Å². The molecule has 4 aliphatic carbocycles. The zero-order valence-corrected chi connectivity index (χ0v) is 42.9. The molecule has 0 amide bonds. The molecule has 0 heterocycles. The largest absolute Gasteiger partial charge is 0.310 e.